The summed E-state index contributed by atoms with van der Waals surface area (Å²) in [5, 5.41) is 16.0. The zero-order valence-electron chi connectivity index (χ0n) is 21.3. The predicted octanol–water partition coefficient (Wildman–Crippen LogP) is 4.70. The van der Waals surface area contributed by atoms with Gasteiger partial charge in [-0.2, -0.15) is 0 Å². The molecular weight excluding hydrogens is 496 g/mol. The Bertz CT molecular complexity index is 1560. The number of hydrogen-bond donors (Lipinski definition) is 1. The van der Waals surface area contributed by atoms with Crippen LogP contribution in [0.4, 0.5) is 0 Å². The average Bonchev–Trinajstić information content (AvgIpc) is 3.71. The summed E-state index contributed by atoms with van der Waals surface area (Å²) < 4.78 is 7.88. The van der Waals surface area contributed by atoms with E-state index in [-0.39, 0.29) is 11.7 Å². The van der Waals surface area contributed by atoms with Crippen LogP contribution in [0.2, 0.25) is 0 Å². The summed E-state index contributed by atoms with van der Waals surface area (Å²) in [6.45, 7) is 4.62. The monoisotopic (exact) mass is 526 g/mol. The van der Waals surface area contributed by atoms with E-state index < -0.39 is 6.04 Å². The van der Waals surface area contributed by atoms with E-state index in [1.165, 1.54) is 4.88 Å². The van der Waals surface area contributed by atoms with Gasteiger partial charge in [0.1, 0.15) is 6.04 Å². The summed E-state index contributed by atoms with van der Waals surface area (Å²) in [7, 11) is 0. The first kappa shape index (κ1) is 24.7. The largest absolute Gasteiger partial charge is 0.377 e. The number of nitrogens with one attached hydrogen (secondary N) is 1. The Kier molecular flexibility index (Phi) is 7.13. The van der Waals surface area contributed by atoms with Gasteiger partial charge in [0, 0.05) is 30.1 Å². The Hall–Kier alpha value is -3.66. The maximum Gasteiger partial charge on any atom is 0.253 e. The van der Waals surface area contributed by atoms with Gasteiger partial charge >= 0.3 is 0 Å². The molecule has 0 bridgehead atoms. The van der Waals surface area contributed by atoms with E-state index in [4.69, 9.17) is 4.74 Å². The van der Waals surface area contributed by atoms with Crippen LogP contribution in [0.25, 0.3) is 10.9 Å². The summed E-state index contributed by atoms with van der Waals surface area (Å²) in [4.78, 5) is 20.4. The minimum atomic E-state index is -0.464. The number of aromatic nitrogens is 5. The number of H-pyrrole nitrogens is 1. The fraction of sp³-hybridized carbons (Fsp3) is 0.310. The van der Waals surface area contributed by atoms with Crippen LogP contribution in [0.3, 0.4) is 0 Å². The van der Waals surface area contributed by atoms with Crippen LogP contribution < -0.4 is 5.56 Å². The van der Waals surface area contributed by atoms with E-state index in [0.717, 1.165) is 41.5 Å². The van der Waals surface area contributed by atoms with Crippen LogP contribution in [0, 0.1) is 6.92 Å². The van der Waals surface area contributed by atoms with E-state index in [1.54, 1.807) is 11.3 Å². The molecule has 0 spiro atoms. The van der Waals surface area contributed by atoms with Gasteiger partial charge < -0.3 is 9.72 Å². The van der Waals surface area contributed by atoms with Crippen molar-refractivity contribution in [3.8, 4) is 0 Å². The molecule has 0 unspecified atom stereocenters. The molecule has 2 aromatic carbocycles. The van der Waals surface area contributed by atoms with Gasteiger partial charge in [-0.3, -0.25) is 9.69 Å². The summed E-state index contributed by atoms with van der Waals surface area (Å²) >= 11 is 1.71. The molecular formula is C29H30N6O2S. The summed E-state index contributed by atoms with van der Waals surface area (Å²) in [6.07, 6.45) is 2.14. The third-order valence-corrected chi connectivity index (χ3v) is 8.02. The minimum absolute atomic E-state index is 0.0951. The number of pyridine rings is 1. The maximum absolute atomic E-state index is 13.7. The SMILES string of the molecule is Cc1cccc2cc([C@H](c3nnnn3Cc3ccccc3)N(Cc3cccs3)C[C@@H]3CCCO3)c(=O)[nH]c12. The Morgan fingerprint density at radius 1 is 1.16 bits per heavy atom. The molecule has 2 atom stereocenters. The molecule has 1 fully saturated rings. The first-order valence-electron chi connectivity index (χ1n) is 13.0. The predicted molar refractivity (Wildman–Crippen MR) is 148 cm³/mol. The van der Waals surface area contributed by atoms with Crippen LogP contribution in [-0.2, 0) is 17.8 Å². The molecule has 5 aromatic rings. The number of aromatic amines is 1. The highest BCUT2D eigenvalue weighted by Crippen LogP contribution is 2.31. The van der Waals surface area contributed by atoms with Gasteiger partial charge in [0.15, 0.2) is 5.82 Å². The molecule has 194 valence electrons. The third kappa shape index (κ3) is 5.18. The lowest BCUT2D eigenvalue weighted by atomic mass is 10.0. The van der Waals surface area contributed by atoms with Crippen molar-refractivity contribution in [1.29, 1.82) is 0 Å². The molecule has 1 N–H and O–H groups in total. The number of para-hydroxylation sites is 1. The normalized spacial score (nSPS) is 16.4. The first-order chi connectivity index (χ1) is 18.7. The Balaban J connectivity index is 1.50. The lowest BCUT2D eigenvalue weighted by Gasteiger charge is -2.32. The lowest BCUT2D eigenvalue weighted by Crippen LogP contribution is -2.39. The second-order valence-corrected chi connectivity index (χ2v) is 10.9. The van der Waals surface area contributed by atoms with Crippen molar-refractivity contribution in [2.45, 2.75) is 45.0 Å². The second-order valence-electron chi connectivity index (χ2n) is 9.82. The first-order valence-corrected chi connectivity index (χ1v) is 13.8. The summed E-state index contributed by atoms with van der Waals surface area (Å²) in [5.74, 6) is 0.640. The van der Waals surface area contributed by atoms with Crippen molar-refractivity contribution in [3.05, 3.63) is 110 Å². The molecule has 0 radical (unpaired) electrons. The molecule has 1 saturated heterocycles. The van der Waals surface area contributed by atoms with Gasteiger partial charge in [0.2, 0.25) is 0 Å². The van der Waals surface area contributed by atoms with E-state index in [0.29, 0.717) is 31.0 Å². The maximum atomic E-state index is 13.7. The van der Waals surface area contributed by atoms with Crippen LogP contribution in [-0.4, -0.2) is 49.3 Å². The zero-order chi connectivity index (χ0) is 25.9. The molecule has 6 rings (SSSR count). The number of ether oxygens (including phenoxy) is 1. The van der Waals surface area contributed by atoms with Crippen molar-refractivity contribution in [1.82, 2.24) is 30.1 Å². The molecule has 38 heavy (non-hydrogen) atoms. The van der Waals surface area contributed by atoms with Crippen LogP contribution in [0.1, 0.15) is 46.3 Å². The average molecular weight is 527 g/mol. The van der Waals surface area contributed by atoms with E-state index in [9.17, 15) is 4.79 Å². The number of thiophene rings is 1. The van der Waals surface area contributed by atoms with Gasteiger partial charge in [0.05, 0.1) is 18.2 Å². The molecule has 0 aliphatic carbocycles. The fourth-order valence-electron chi connectivity index (χ4n) is 5.29. The topological polar surface area (TPSA) is 88.9 Å². The van der Waals surface area contributed by atoms with Gasteiger partial charge in [-0.05, 0) is 64.2 Å². The van der Waals surface area contributed by atoms with Gasteiger partial charge in [-0.25, -0.2) is 4.68 Å². The van der Waals surface area contributed by atoms with Crippen molar-refractivity contribution in [3.63, 3.8) is 0 Å². The van der Waals surface area contributed by atoms with E-state index >= 15 is 0 Å². The number of fused-ring (bicyclic) bond motifs is 1. The van der Waals surface area contributed by atoms with Crippen LogP contribution in [0.15, 0.2) is 76.9 Å². The second kappa shape index (κ2) is 11.0. The molecule has 1 aliphatic heterocycles. The molecule has 0 saturated carbocycles. The van der Waals surface area contributed by atoms with Crippen LogP contribution in [0.5, 0.6) is 0 Å². The van der Waals surface area contributed by atoms with E-state index in [1.807, 2.05) is 54.1 Å². The Labute approximate surface area is 224 Å². The van der Waals surface area contributed by atoms with Gasteiger partial charge in [0.25, 0.3) is 5.56 Å². The van der Waals surface area contributed by atoms with Crippen molar-refractivity contribution >= 4 is 22.2 Å². The highest BCUT2D eigenvalue weighted by atomic mass is 32.1. The molecule has 4 heterocycles. The number of aryl methyl sites for hydroxylation is 1. The van der Waals surface area contributed by atoms with Crippen molar-refractivity contribution in [2.75, 3.05) is 13.2 Å². The third-order valence-electron chi connectivity index (χ3n) is 7.16. The standard InChI is InChI=1S/C29H30N6O2S/c1-20-8-5-11-22-16-25(29(36)30-26(20)22)27(28-31-32-33-35(28)17-21-9-3-2-4-10-21)34(18-23-12-6-14-37-23)19-24-13-7-15-38-24/h2-5,7-11,13,15-16,23,27H,6,12,14,17-19H2,1H3,(H,30,36)/t23-,27+/m0/s1. The zero-order valence-corrected chi connectivity index (χ0v) is 22.1. The Morgan fingerprint density at radius 3 is 2.84 bits per heavy atom. The van der Waals surface area contributed by atoms with E-state index in [2.05, 4.69) is 55.1 Å². The Morgan fingerprint density at radius 2 is 2.05 bits per heavy atom. The summed E-state index contributed by atoms with van der Waals surface area (Å²) in [5.41, 5.74) is 3.47. The molecule has 1 aliphatic rings. The number of hydrogen-bond acceptors (Lipinski definition) is 7. The molecule has 0 amide bonds. The molecule has 8 nitrogen and oxygen atoms in total. The quantitative estimate of drug-likeness (QED) is 0.299. The fourth-order valence-corrected chi connectivity index (χ4v) is 6.02. The van der Waals surface area contributed by atoms with Crippen LogP contribution >= 0.6 is 11.3 Å². The number of tetrazole rings is 1. The lowest BCUT2D eigenvalue weighted by molar-refractivity contribution is 0.0578. The molecule has 3 aromatic heterocycles. The number of benzene rings is 2. The number of rotatable bonds is 9. The molecule has 9 heteroatoms. The van der Waals surface area contributed by atoms with Gasteiger partial charge in [-0.1, -0.05) is 54.6 Å². The minimum Gasteiger partial charge on any atom is -0.377 e. The highest BCUT2D eigenvalue weighted by Gasteiger charge is 2.33. The van der Waals surface area contributed by atoms with Crippen molar-refractivity contribution in [2.24, 2.45) is 0 Å². The smallest absolute Gasteiger partial charge is 0.253 e. The van der Waals surface area contributed by atoms with Gasteiger partial charge in [-0.15, -0.1) is 16.4 Å². The number of nitrogens with zero attached hydrogens (tertiary/aromatic N) is 5. The highest BCUT2D eigenvalue weighted by molar-refractivity contribution is 7.09. The van der Waals surface area contributed by atoms with Crippen molar-refractivity contribution < 1.29 is 4.74 Å². The summed E-state index contributed by atoms with van der Waals surface area (Å²) in [6, 6.07) is 21.9.